The van der Waals surface area contributed by atoms with Crippen molar-refractivity contribution in [3.63, 3.8) is 0 Å². The molecule has 0 bridgehead atoms. The van der Waals surface area contributed by atoms with Gasteiger partial charge in [-0.3, -0.25) is 9.59 Å². The molecule has 0 unspecified atom stereocenters. The van der Waals surface area contributed by atoms with Gasteiger partial charge in [0.15, 0.2) is 0 Å². The lowest BCUT2D eigenvalue weighted by Gasteiger charge is -2.29. The van der Waals surface area contributed by atoms with Gasteiger partial charge < -0.3 is 25.6 Å². The number of hydrogen-bond acceptors (Lipinski definition) is 5. The molecule has 3 N–H and O–H groups in total. The van der Waals surface area contributed by atoms with Gasteiger partial charge in [0.25, 0.3) is 0 Å². The van der Waals surface area contributed by atoms with Crippen molar-refractivity contribution in [1.29, 1.82) is 0 Å². The molecular formula is C22H34BrN4O3. The van der Waals surface area contributed by atoms with Gasteiger partial charge in [-0.05, 0) is 73.5 Å². The molecule has 1 aromatic rings. The van der Waals surface area contributed by atoms with Crippen molar-refractivity contribution in [3.8, 4) is 5.75 Å². The highest BCUT2D eigenvalue weighted by atomic mass is 79.9. The highest BCUT2D eigenvalue weighted by Crippen LogP contribution is 2.27. The fourth-order valence-corrected chi connectivity index (χ4v) is 3.86. The van der Waals surface area contributed by atoms with Gasteiger partial charge in [-0.25, -0.2) is 0 Å². The number of hydrogen-bond donors (Lipinski definition) is 2. The fraction of sp³-hybridized carbons (Fsp3) is 0.591. The lowest BCUT2D eigenvalue weighted by atomic mass is 10.0. The number of ether oxygens (including phenoxy) is 1. The van der Waals surface area contributed by atoms with Crippen LogP contribution in [-0.4, -0.2) is 68.0 Å². The normalized spacial score (nSPS) is 17.2. The summed E-state index contributed by atoms with van der Waals surface area (Å²) >= 11 is 3.59. The van der Waals surface area contributed by atoms with Crippen molar-refractivity contribution >= 4 is 27.7 Å². The second-order valence-corrected chi connectivity index (χ2v) is 8.98. The number of nitrogens with one attached hydrogen (secondary N) is 1. The van der Waals surface area contributed by atoms with Crippen molar-refractivity contribution in [2.45, 2.75) is 38.8 Å². The Kier molecular flexibility index (Phi) is 10.1. The minimum absolute atomic E-state index is 0.0584. The predicted octanol–water partition coefficient (Wildman–Crippen LogP) is 2.19. The summed E-state index contributed by atoms with van der Waals surface area (Å²) in [6, 6.07) is 6.10. The summed E-state index contributed by atoms with van der Waals surface area (Å²) < 4.78 is 6.75. The molecule has 0 aliphatic carbocycles. The molecule has 1 radical (unpaired) electrons. The van der Waals surface area contributed by atoms with Crippen LogP contribution in [0.3, 0.4) is 0 Å². The van der Waals surface area contributed by atoms with E-state index >= 15 is 0 Å². The summed E-state index contributed by atoms with van der Waals surface area (Å²) in [4.78, 5) is 28.2. The SMILES string of the molecule is C[C@@H](C[CH]C(=O)N(Cc1ccc(OCCCN(C)C)c(Br)c1)[C@H]1CCNC1)C(N)=O. The van der Waals surface area contributed by atoms with E-state index in [9.17, 15) is 9.59 Å². The van der Waals surface area contributed by atoms with Gasteiger partial charge >= 0.3 is 0 Å². The van der Waals surface area contributed by atoms with Gasteiger partial charge in [0.1, 0.15) is 5.75 Å². The maximum absolute atomic E-state index is 12.9. The summed E-state index contributed by atoms with van der Waals surface area (Å²) in [6.45, 7) is 5.55. The molecule has 30 heavy (non-hydrogen) atoms. The Morgan fingerprint density at radius 1 is 1.40 bits per heavy atom. The van der Waals surface area contributed by atoms with Crippen LogP contribution in [0.4, 0.5) is 0 Å². The Hall–Kier alpha value is -1.64. The van der Waals surface area contributed by atoms with Gasteiger partial charge in [0, 0.05) is 31.6 Å². The van der Waals surface area contributed by atoms with Crippen LogP contribution < -0.4 is 15.8 Å². The van der Waals surface area contributed by atoms with E-state index in [0.717, 1.165) is 48.3 Å². The minimum Gasteiger partial charge on any atom is -0.492 e. The van der Waals surface area contributed by atoms with E-state index in [2.05, 4.69) is 26.1 Å². The molecule has 1 aromatic carbocycles. The largest absolute Gasteiger partial charge is 0.492 e. The van der Waals surface area contributed by atoms with Crippen LogP contribution in [0.25, 0.3) is 0 Å². The van der Waals surface area contributed by atoms with E-state index < -0.39 is 5.91 Å². The molecule has 7 nitrogen and oxygen atoms in total. The zero-order valence-electron chi connectivity index (χ0n) is 18.2. The van der Waals surface area contributed by atoms with E-state index in [1.165, 1.54) is 0 Å². The monoisotopic (exact) mass is 481 g/mol. The maximum atomic E-state index is 12.9. The maximum Gasteiger partial charge on any atom is 0.227 e. The average Bonchev–Trinajstić information content (AvgIpc) is 3.22. The summed E-state index contributed by atoms with van der Waals surface area (Å²) in [5.41, 5.74) is 6.35. The first-order chi connectivity index (χ1) is 14.3. The second kappa shape index (κ2) is 12.3. The molecule has 0 spiro atoms. The number of primary amides is 1. The Labute approximate surface area is 188 Å². The van der Waals surface area contributed by atoms with Crippen molar-refractivity contribution in [3.05, 3.63) is 34.7 Å². The first-order valence-electron chi connectivity index (χ1n) is 10.5. The predicted molar refractivity (Wildman–Crippen MR) is 122 cm³/mol. The van der Waals surface area contributed by atoms with Crippen LogP contribution in [0, 0.1) is 12.3 Å². The van der Waals surface area contributed by atoms with Gasteiger partial charge in [0.2, 0.25) is 11.8 Å². The number of nitrogens with zero attached hydrogens (tertiary/aromatic N) is 2. The number of halogens is 1. The topological polar surface area (TPSA) is 87.9 Å². The standard InChI is InChI=1S/C22H34BrN4O3/c1-16(22(24)29)5-8-21(28)27(18-9-10-25-14-18)15-17-6-7-20(19(23)13-17)30-12-4-11-26(2)3/h6-8,13,16,18,25H,4-5,9-12,14-15H2,1-3H3,(H2,24,29)/t16-,18-/m0/s1. The average molecular weight is 482 g/mol. The Morgan fingerprint density at radius 3 is 2.77 bits per heavy atom. The van der Waals surface area contributed by atoms with Crippen molar-refractivity contribution < 1.29 is 14.3 Å². The van der Waals surface area contributed by atoms with E-state index in [0.29, 0.717) is 19.6 Å². The highest BCUT2D eigenvalue weighted by molar-refractivity contribution is 9.10. The van der Waals surface area contributed by atoms with Gasteiger partial charge in [0.05, 0.1) is 17.5 Å². The van der Waals surface area contributed by atoms with Gasteiger partial charge in [-0.15, -0.1) is 0 Å². The Morgan fingerprint density at radius 2 is 2.17 bits per heavy atom. The summed E-state index contributed by atoms with van der Waals surface area (Å²) in [5.74, 6) is 0.00510. The molecule has 167 valence electrons. The molecular weight excluding hydrogens is 448 g/mol. The number of benzene rings is 1. The first kappa shape index (κ1) is 24.6. The number of rotatable bonds is 12. The minimum atomic E-state index is -0.391. The first-order valence-corrected chi connectivity index (χ1v) is 11.3. The van der Waals surface area contributed by atoms with Gasteiger partial charge in [-0.2, -0.15) is 0 Å². The van der Waals surface area contributed by atoms with E-state index in [-0.39, 0.29) is 17.9 Å². The molecule has 8 heteroatoms. The van der Waals surface area contributed by atoms with E-state index in [1.807, 2.05) is 37.2 Å². The van der Waals surface area contributed by atoms with Crippen LogP contribution in [0.2, 0.25) is 0 Å². The van der Waals surface area contributed by atoms with Crippen LogP contribution in [0.15, 0.2) is 22.7 Å². The second-order valence-electron chi connectivity index (χ2n) is 8.13. The zero-order valence-corrected chi connectivity index (χ0v) is 19.8. The van der Waals surface area contributed by atoms with Crippen LogP contribution in [-0.2, 0) is 16.1 Å². The number of carbonyl (C=O) groups is 2. The summed E-state index contributed by atoms with van der Waals surface area (Å²) in [5, 5.41) is 3.32. The third kappa shape index (κ3) is 7.89. The summed E-state index contributed by atoms with van der Waals surface area (Å²) in [7, 11) is 4.09. The molecule has 0 saturated carbocycles. The Balaban J connectivity index is 1.99. The molecule has 1 aliphatic heterocycles. The van der Waals surface area contributed by atoms with Crippen molar-refractivity contribution in [2.75, 3.05) is 40.3 Å². The van der Waals surface area contributed by atoms with Crippen LogP contribution >= 0.6 is 15.9 Å². The molecule has 1 fully saturated rings. The third-order valence-corrected chi connectivity index (χ3v) is 5.87. The molecule has 2 rings (SSSR count). The smallest absolute Gasteiger partial charge is 0.227 e. The number of nitrogens with two attached hydrogens (primary N) is 1. The molecule has 1 heterocycles. The Bertz CT molecular complexity index is 708. The fourth-order valence-electron chi connectivity index (χ4n) is 3.32. The molecule has 1 aliphatic rings. The summed E-state index contributed by atoms with van der Waals surface area (Å²) in [6.07, 6.45) is 3.82. The molecule has 1 saturated heterocycles. The number of carbonyl (C=O) groups excluding carboxylic acids is 2. The lowest BCUT2D eigenvalue weighted by molar-refractivity contribution is -0.130. The molecule has 2 amide bonds. The van der Waals surface area contributed by atoms with E-state index in [1.54, 1.807) is 13.3 Å². The third-order valence-electron chi connectivity index (χ3n) is 5.25. The lowest BCUT2D eigenvalue weighted by Crippen LogP contribution is -2.41. The van der Waals surface area contributed by atoms with Crippen molar-refractivity contribution in [1.82, 2.24) is 15.1 Å². The van der Waals surface area contributed by atoms with Crippen LogP contribution in [0.5, 0.6) is 5.75 Å². The quantitative estimate of drug-likeness (QED) is 0.446. The molecule has 0 aromatic heterocycles. The highest BCUT2D eigenvalue weighted by Gasteiger charge is 2.27. The van der Waals surface area contributed by atoms with Crippen molar-refractivity contribution in [2.24, 2.45) is 11.7 Å². The van der Waals surface area contributed by atoms with Gasteiger partial charge in [-0.1, -0.05) is 13.0 Å². The van der Waals surface area contributed by atoms with E-state index in [4.69, 9.17) is 10.5 Å². The zero-order chi connectivity index (χ0) is 22.1. The van der Waals surface area contributed by atoms with Crippen LogP contribution in [0.1, 0.15) is 31.7 Å². The molecule has 2 atom stereocenters. The number of amides is 2.